The number of aromatic nitrogens is 2. The fraction of sp³-hybridized carbons (Fsp3) is 0.292. The number of quaternary nitrogens is 1. The van der Waals surface area contributed by atoms with Crippen LogP contribution in [-0.4, -0.2) is 46.2 Å². The van der Waals surface area contributed by atoms with Crippen LogP contribution in [0.4, 0.5) is 20.3 Å². The average molecular weight is 505 g/mol. The number of pyridine rings is 2. The highest BCUT2D eigenvalue weighted by atomic mass is 35.5. The second kappa shape index (κ2) is 10.2. The molecule has 1 aromatic carbocycles. The lowest BCUT2D eigenvalue weighted by Gasteiger charge is -2.46. The van der Waals surface area contributed by atoms with Crippen molar-refractivity contribution in [2.24, 2.45) is 0 Å². The number of hydrogen-bond acceptors (Lipinski definition) is 6. The normalized spacial score (nSPS) is 19.3. The summed E-state index contributed by atoms with van der Waals surface area (Å²) in [4.78, 5) is 17.5. The van der Waals surface area contributed by atoms with Crippen LogP contribution in [0.25, 0.3) is 5.69 Å². The molecule has 0 saturated heterocycles. The lowest BCUT2D eigenvalue weighted by Crippen LogP contribution is -2.77. The van der Waals surface area contributed by atoms with E-state index in [9.17, 15) is 18.7 Å². The largest absolute Gasteiger partial charge is 0.394 e. The summed E-state index contributed by atoms with van der Waals surface area (Å²) in [6, 6.07) is 6.78. The summed E-state index contributed by atoms with van der Waals surface area (Å²) in [6.07, 6.45) is 5.02. The van der Waals surface area contributed by atoms with Gasteiger partial charge in [-0.25, -0.2) is 13.8 Å². The van der Waals surface area contributed by atoms with Crippen LogP contribution in [0.3, 0.4) is 0 Å². The molecule has 11 heteroatoms. The first-order valence-corrected chi connectivity index (χ1v) is 11.3. The Kier molecular flexibility index (Phi) is 7.27. The minimum absolute atomic E-state index is 0.0420. The maximum Gasteiger partial charge on any atom is 0.270 e. The van der Waals surface area contributed by atoms with E-state index in [0.717, 1.165) is 6.21 Å². The van der Waals surface area contributed by atoms with Gasteiger partial charge in [0.1, 0.15) is 35.2 Å². The Morgan fingerprint density at radius 1 is 1.37 bits per heavy atom. The van der Waals surface area contributed by atoms with Crippen molar-refractivity contribution in [3.63, 3.8) is 0 Å². The summed E-state index contributed by atoms with van der Waals surface area (Å²) >= 11 is 6.35. The van der Waals surface area contributed by atoms with Gasteiger partial charge in [0.2, 0.25) is 0 Å². The van der Waals surface area contributed by atoms with Crippen LogP contribution in [0.5, 0.6) is 0 Å². The number of aliphatic hydroxyl groups excluding tert-OH is 1. The Hall–Kier alpha value is -3.18. The lowest BCUT2D eigenvalue weighted by atomic mass is 9.74. The molecule has 2 aromatic heterocycles. The van der Waals surface area contributed by atoms with Crippen LogP contribution >= 0.6 is 11.6 Å². The molecule has 0 amide bonds. The Balaban J connectivity index is 1.62. The molecule has 35 heavy (non-hydrogen) atoms. The highest BCUT2D eigenvalue weighted by Gasteiger charge is 2.44. The number of rotatable bonds is 9. The Bertz CT molecular complexity index is 1290. The molecule has 0 atom stereocenters. The number of methoxy groups -OCH3 is 1. The van der Waals surface area contributed by atoms with Gasteiger partial charge in [-0.2, -0.15) is 0 Å². The van der Waals surface area contributed by atoms with Gasteiger partial charge in [-0.3, -0.25) is 9.36 Å². The molecule has 0 spiro atoms. The number of halogens is 3. The minimum atomic E-state index is -0.682. The van der Waals surface area contributed by atoms with Gasteiger partial charge in [0, 0.05) is 31.7 Å². The summed E-state index contributed by atoms with van der Waals surface area (Å²) in [5, 5.41) is 22.5. The molecular formula is C24H25ClF2N5O3+. The molecule has 184 valence electrons. The van der Waals surface area contributed by atoms with Gasteiger partial charge in [0.05, 0.1) is 40.7 Å². The van der Waals surface area contributed by atoms with Gasteiger partial charge in [-0.15, -0.1) is 0 Å². The monoisotopic (exact) mass is 504 g/mol. The number of benzene rings is 1. The van der Waals surface area contributed by atoms with Gasteiger partial charge in [-0.1, -0.05) is 17.7 Å². The molecule has 0 unspecified atom stereocenters. The van der Waals surface area contributed by atoms with E-state index in [-0.39, 0.29) is 35.4 Å². The van der Waals surface area contributed by atoms with E-state index < -0.39 is 22.7 Å². The van der Waals surface area contributed by atoms with E-state index in [1.54, 1.807) is 19.2 Å². The molecule has 2 heterocycles. The molecule has 0 radical (unpaired) electrons. The van der Waals surface area contributed by atoms with E-state index >= 15 is 0 Å². The van der Waals surface area contributed by atoms with Crippen molar-refractivity contribution >= 4 is 29.3 Å². The molecule has 1 saturated carbocycles. The first-order valence-electron chi connectivity index (χ1n) is 10.9. The third-order valence-corrected chi connectivity index (χ3v) is 6.55. The Morgan fingerprint density at radius 3 is 2.71 bits per heavy atom. The van der Waals surface area contributed by atoms with Crippen LogP contribution in [0, 0.1) is 17.0 Å². The van der Waals surface area contributed by atoms with Crippen LogP contribution in [0.1, 0.15) is 24.0 Å². The molecule has 3 aromatic rings. The first-order chi connectivity index (χ1) is 16.8. The van der Waals surface area contributed by atoms with Crippen molar-refractivity contribution in [3.05, 3.63) is 80.9 Å². The van der Waals surface area contributed by atoms with Crippen LogP contribution in [0.15, 0.2) is 47.5 Å². The number of anilines is 1. The molecule has 1 fully saturated rings. The molecule has 1 aliphatic rings. The van der Waals surface area contributed by atoms with Gasteiger partial charge >= 0.3 is 0 Å². The van der Waals surface area contributed by atoms with Gasteiger partial charge in [0.15, 0.2) is 0 Å². The smallest absolute Gasteiger partial charge is 0.270 e. The second-order valence-corrected chi connectivity index (χ2v) is 8.87. The zero-order valence-corrected chi connectivity index (χ0v) is 19.6. The summed E-state index contributed by atoms with van der Waals surface area (Å²) in [7, 11) is 1.62. The Labute approximate surface area is 205 Å². The number of nitrogens with zero attached hydrogens (tertiary/aromatic N) is 2. The lowest BCUT2D eigenvalue weighted by molar-refractivity contribution is -0.589. The number of nitrogens with two attached hydrogens (primary N) is 1. The zero-order chi connectivity index (χ0) is 25.2. The SMILES string of the molecule is COC1CC(CO)(Nc2cc(-n3ccc([NH2+]Cc4c(F)cccc4F)c(C=N)c3=O)c(Cl)cn2)C1. The average Bonchev–Trinajstić information content (AvgIpc) is 2.82. The summed E-state index contributed by atoms with van der Waals surface area (Å²) < 4.78 is 34.5. The molecule has 5 N–H and O–H groups in total. The number of hydrogen-bond donors (Lipinski definition) is 4. The fourth-order valence-electron chi connectivity index (χ4n) is 4.22. The Morgan fingerprint density at radius 2 is 2.09 bits per heavy atom. The summed E-state index contributed by atoms with van der Waals surface area (Å²) in [5.41, 5.74) is -0.483. The quantitative estimate of drug-likeness (QED) is 0.334. The number of nitrogens with one attached hydrogen (secondary N) is 2. The fourth-order valence-corrected chi connectivity index (χ4v) is 4.41. The van der Waals surface area contributed by atoms with Crippen LogP contribution < -0.4 is 16.2 Å². The zero-order valence-electron chi connectivity index (χ0n) is 18.9. The van der Waals surface area contributed by atoms with Gasteiger partial charge < -0.3 is 25.9 Å². The third kappa shape index (κ3) is 4.96. The molecule has 1 aliphatic carbocycles. The molecule has 0 bridgehead atoms. The van der Waals surface area contributed by atoms with E-state index in [1.807, 2.05) is 0 Å². The summed E-state index contributed by atoms with van der Waals surface area (Å²) in [6.45, 7) is -0.198. The van der Waals surface area contributed by atoms with Crippen molar-refractivity contribution in [1.82, 2.24) is 9.55 Å². The molecular weight excluding hydrogens is 480 g/mol. The topological polar surface area (TPSA) is 117 Å². The van der Waals surface area contributed by atoms with Crippen molar-refractivity contribution in [3.8, 4) is 5.69 Å². The van der Waals surface area contributed by atoms with Gasteiger partial charge in [0.25, 0.3) is 5.56 Å². The van der Waals surface area contributed by atoms with Crippen molar-refractivity contribution in [2.75, 3.05) is 19.0 Å². The van der Waals surface area contributed by atoms with Crippen LogP contribution in [-0.2, 0) is 11.3 Å². The molecule has 8 nitrogen and oxygen atoms in total. The maximum absolute atomic E-state index is 14.0. The highest BCUT2D eigenvalue weighted by Crippen LogP contribution is 2.37. The predicted octanol–water partition coefficient (Wildman–Crippen LogP) is 2.51. The van der Waals surface area contributed by atoms with Gasteiger partial charge in [-0.05, 0) is 25.0 Å². The van der Waals surface area contributed by atoms with E-state index in [1.165, 1.54) is 40.5 Å². The molecule has 4 rings (SSSR count). The van der Waals surface area contributed by atoms with E-state index in [0.29, 0.717) is 30.0 Å². The first kappa shape index (κ1) is 24.9. The van der Waals surface area contributed by atoms with Crippen molar-refractivity contribution < 1.29 is 23.9 Å². The van der Waals surface area contributed by atoms with Crippen LogP contribution in [0.2, 0.25) is 5.02 Å². The van der Waals surface area contributed by atoms with E-state index in [4.69, 9.17) is 21.7 Å². The van der Waals surface area contributed by atoms with E-state index in [2.05, 4.69) is 10.3 Å². The van der Waals surface area contributed by atoms with Crippen molar-refractivity contribution in [2.45, 2.75) is 31.0 Å². The highest BCUT2D eigenvalue weighted by molar-refractivity contribution is 6.32. The summed E-state index contributed by atoms with van der Waals surface area (Å²) in [5.74, 6) is -0.945. The standard InChI is InChI=1S/C24H24ClF2N5O3/c1-35-14-8-24(9-14,13-33)31-22-7-21(17(25)12-30-22)32-6-5-20(15(10-28)23(32)34)29-11-16-18(26)3-2-4-19(16)27/h2-7,10,12,14,28-29,33H,8-9,11,13H2,1H3,(H,30,31)/p+1. The molecule has 0 aliphatic heterocycles. The number of aliphatic hydroxyl groups is 1. The second-order valence-electron chi connectivity index (χ2n) is 8.46. The minimum Gasteiger partial charge on any atom is -0.394 e. The maximum atomic E-state index is 14.0. The third-order valence-electron chi connectivity index (χ3n) is 6.26. The van der Waals surface area contributed by atoms with Crippen molar-refractivity contribution in [1.29, 1.82) is 5.41 Å². The number of ether oxygens (including phenoxy) is 1. The predicted molar refractivity (Wildman–Crippen MR) is 128 cm³/mol.